The molecule has 0 aliphatic carbocycles. The van der Waals surface area contributed by atoms with E-state index >= 15 is 0 Å². The normalized spacial score (nSPS) is 11.7. The molecule has 2 rings (SSSR count). The lowest BCUT2D eigenvalue weighted by Gasteiger charge is -2.08. The number of rotatable bonds is 6. The number of nitrogen functional groups attached to an aromatic ring is 1. The van der Waals surface area contributed by atoms with Crippen LogP contribution in [0.1, 0.15) is 12.0 Å². The van der Waals surface area contributed by atoms with Crippen LogP contribution in [-0.2, 0) is 16.6 Å². The summed E-state index contributed by atoms with van der Waals surface area (Å²) in [7, 11) is -3.52. The number of hydrogen-bond donors (Lipinski definition) is 2. The van der Waals surface area contributed by atoms with Crippen molar-refractivity contribution >= 4 is 15.7 Å². The summed E-state index contributed by atoms with van der Waals surface area (Å²) in [6.45, 7) is 2.77. The maximum absolute atomic E-state index is 12.1. The Balaban J connectivity index is 1.92. The largest absolute Gasteiger partial charge is 0.398 e. The van der Waals surface area contributed by atoms with Crippen LogP contribution >= 0.6 is 0 Å². The molecular weight excluding hydrogens is 278 g/mol. The highest BCUT2D eigenvalue weighted by atomic mass is 32.2. The van der Waals surface area contributed by atoms with Gasteiger partial charge in [0.1, 0.15) is 0 Å². The van der Waals surface area contributed by atoms with Gasteiger partial charge in [0, 0.05) is 25.0 Å². The van der Waals surface area contributed by atoms with E-state index in [1.54, 1.807) is 29.2 Å². The maximum Gasteiger partial charge on any atom is 0.240 e. The zero-order chi connectivity index (χ0) is 14.6. The standard InChI is InChI=1S/C12H17N5O2S/c1-10-3-4-11(9-12(10)13)20(18,19)15-5-2-7-17-8-6-14-16-17/h3-4,6,8-9,15H,2,5,7,13H2,1H3. The molecule has 0 fully saturated rings. The Morgan fingerprint density at radius 2 is 2.20 bits per heavy atom. The Hall–Kier alpha value is -1.93. The van der Waals surface area contributed by atoms with Gasteiger partial charge in [-0.25, -0.2) is 13.1 Å². The lowest BCUT2D eigenvalue weighted by molar-refractivity contribution is 0.542. The first-order valence-electron chi connectivity index (χ1n) is 6.19. The molecule has 7 nitrogen and oxygen atoms in total. The zero-order valence-electron chi connectivity index (χ0n) is 11.2. The van der Waals surface area contributed by atoms with Gasteiger partial charge in [-0.1, -0.05) is 11.3 Å². The van der Waals surface area contributed by atoms with Crippen molar-refractivity contribution in [3.8, 4) is 0 Å². The Kier molecular flexibility index (Phi) is 4.35. The molecule has 0 bridgehead atoms. The first-order chi connectivity index (χ1) is 9.49. The van der Waals surface area contributed by atoms with Crippen molar-refractivity contribution < 1.29 is 8.42 Å². The third-order valence-electron chi connectivity index (χ3n) is 2.89. The SMILES string of the molecule is Cc1ccc(S(=O)(=O)NCCCn2ccnn2)cc1N. The number of benzene rings is 1. The minimum absolute atomic E-state index is 0.182. The van der Waals surface area contributed by atoms with Gasteiger partial charge in [-0.2, -0.15) is 0 Å². The molecule has 8 heteroatoms. The summed E-state index contributed by atoms with van der Waals surface area (Å²) in [6, 6.07) is 4.71. The van der Waals surface area contributed by atoms with Crippen molar-refractivity contribution in [3.63, 3.8) is 0 Å². The number of nitrogens with two attached hydrogens (primary N) is 1. The van der Waals surface area contributed by atoms with Gasteiger partial charge < -0.3 is 5.73 Å². The van der Waals surface area contributed by atoms with Crippen molar-refractivity contribution in [1.82, 2.24) is 19.7 Å². The van der Waals surface area contributed by atoms with Crippen molar-refractivity contribution in [2.45, 2.75) is 24.8 Å². The van der Waals surface area contributed by atoms with Crippen LogP contribution in [0.5, 0.6) is 0 Å². The van der Waals surface area contributed by atoms with Gasteiger partial charge in [-0.3, -0.25) is 4.68 Å². The average Bonchev–Trinajstić information content (AvgIpc) is 2.91. The number of nitrogens with zero attached hydrogens (tertiary/aromatic N) is 3. The van der Waals surface area contributed by atoms with Gasteiger partial charge in [-0.05, 0) is 31.0 Å². The third kappa shape index (κ3) is 3.55. The van der Waals surface area contributed by atoms with E-state index in [0.717, 1.165) is 5.56 Å². The number of anilines is 1. The molecule has 0 saturated heterocycles. The van der Waals surface area contributed by atoms with Crippen LogP contribution in [0.4, 0.5) is 5.69 Å². The molecule has 20 heavy (non-hydrogen) atoms. The fraction of sp³-hybridized carbons (Fsp3) is 0.333. The molecule has 3 N–H and O–H groups in total. The number of nitrogens with one attached hydrogen (secondary N) is 1. The molecule has 1 aromatic carbocycles. The van der Waals surface area contributed by atoms with E-state index < -0.39 is 10.0 Å². The number of hydrogen-bond acceptors (Lipinski definition) is 5. The van der Waals surface area contributed by atoms with E-state index in [-0.39, 0.29) is 4.90 Å². The third-order valence-corrected chi connectivity index (χ3v) is 4.35. The molecule has 0 atom stereocenters. The Morgan fingerprint density at radius 3 is 2.85 bits per heavy atom. The number of sulfonamides is 1. The predicted molar refractivity (Wildman–Crippen MR) is 75.4 cm³/mol. The smallest absolute Gasteiger partial charge is 0.240 e. The van der Waals surface area contributed by atoms with Gasteiger partial charge in [0.25, 0.3) is 0 Å². The van der Waals surface area contributed by atoms with Crippen molar-refractivity contribution in [1.29, 1.82) is 0 Å². The van der Waals surface area contributed by atoms with E-state index in [2.05, 4.69) is 15.0 Å². The fourth-order valence-corrected chi connectivity index (χ4v) is 2.78. The van der Waals surface area contributed by atoms with E-state index in [4.69, 9.17) is 5.73 Å². The molecule has 0 aliphatic heterocycles. The van der Waals surface area contributed by atoms with Crippen LogP contribution < -0.4 is 10.5 Å². The number of aromatic nitrogens is 3. The van der Waals surface area contributed by atoms with Gasteiger partial charge in [0.05, 0.1) is 11.1 Å². The van der Waals surface area contributed by atoms with Crippen molar-refractivity contribution in [3.05, 3.63) is 36.2 Å². The molecule has 0 unspecified atom stereocenters. The minimum atomic E-state index is -3.52. The van der Waals surface area contributed by atoms with Gasteiger partial charge >= 0.3 is 0 Å². The molecular formula is C12H17N5O2S. The zero-order valence-corrected chi connectivity index (χ0v) is 12.0. The molecule has 2 aromatic rings. The molecule has 0 spiro atoms. The summed E-state index contributed by atoms with van der Waals surface area (Å²) < 4.78 is 28.3. The summed E-state index contributed by atoms with van der Waals surface area (Å²) in [5, 5.41) is 7.48. The van der Waals surface area contributed by atoms with Crippen LogP contribution in [0.3, 0.4) is 0 Å². The highest BCUT2D eigenvalue weighted by molar-refractivity contribution is 7.89. The molecule has 1 heterocycles. The van der Waals surface area contributed by atoms with E-state index in [9.17, 15) is 8.42 Å². The Labute approximate surface area is 117 Å². The van der Waals surface area contributed by atoms with Crippen LogP contribution in [0, 0.1) is 6.92 Å². The Bertz CT molecular complexity index is 667. The summed E-state index contributed by atoms with van der Waals surface area (Å²) >= 11 is 0. The lowest BCUT2D eigenvalue weighted by Crippen LogP contribution is -2.25. The van der Waals surface area contributed by atoms with Gasteiger partial charge in [0.15, 0.2) is 0 Å². The predicted octanol–water partition coefficient (Wildman–Crippen LogP) is 0.537. The maximum atomic E-state index is 12.1. The average molecular weight is 295 g/mol. The van der Waals surface area contributed by atoms with Gasteiger partial charge in [-0.15, -0.1) is 5.10 Å². The summed E-state index contributed by atoms with van der Waals surface area (Å²) in [5.74, 6) is 0. The van der Waals surface area contributed by atoms with E-state index in [1.165, 1.54) is 6.07 Å². The van der Waals surface area contributed by atoms with E-state index in [1.807, 2.05) is 6.92 Å². The minimum Gasteiger partial charge on any atom is -0.398 e. The van der Waals surface area contributed by atoms with Crippen LogP contribution in [-0.4, -0.2) is 30.0 Å². The molecule has 1 aromatic heterocycles. The lowest BCUT2D eigenvalue weighted by atomic mass is 10.2. The monoisotopic (exact) mass is 295 g/mol. The first-order valence-corrected chi connectivity index (χ1v) is 7.67. The molecule has 0 radical (unpaired) electrons. The highest BCUT2D eigenvalue weighted by Gasteiger charge is 2.13. The van der Waals surface area contributed by atoms with Gasteiger partial charge in [0.2, 0.25) is 10.0 Å². The van der Waals surface area contributed by atoms with E-state index in [0.29, 0.717) is 25.2 Å². The van der Waals surface area contributed by atoms with Crippen molar-refractivity contribution in [2.24, 2.45) is 0 Å². The molecule has 0 saturated carbocycles. The quantitative estimate of drug-likeness (QED) is 0.598. The summed E-state index contributed by atoms with van der Waals surface area (Å²) in [4.78, 5) is 0.182. The second-order valence-electron chi connectivity index (χ2n) is 4.44. The Morgan fingerprint density at radius 1 is 1.40 bits per heavy atom. The van der Waals surface area contributed by atoms with Crippen LogP contribution in [0.25, 0.3) is 0 Å². The van der Waals surface area contributed by atoms with Crippen LogP contribution in [0.2, 0.25) is 0 Å². The fourth-order valence-electron chi connectivity index (χ4n) is 1.67. The highest BCUT2D eigenvalue weighted by Crippen LogP contribution is 2.16. The van der Waals surface area contributed by atoms with Crippen molar-refractivity contribution in [2.75, 3.05) is 12.3 Å². The van der Waals surface area contributed by atoms with Crippen LogP contribution in [0.15, 0.2) is 35.5 Å². The summed E-state index contributed by atoms with van der Waals surface area (Å²) in [5.41, 5.74) is 7.05. The first kappa shape index (κ1) is 14.5. The molecule has 0 aliphatic rings. The second-order valence-corrected chi connectivity index (χ2v) is 6.20. The summed E-state index contributed by atoms with van der Waals surface area (Å²) in [6.07, 6.45) is 3.94. The molecule has 108 valence electrons. The number of aryl methyl sites for hydroxylation is 2. The molecule has 0 amide bonds. The second kappa shape index (κ2) is 6.02. The topological polar surface area (TPSA) is 103 Å².